The van der Waals surface area contributed by atoms with Crippen LogP contribution in [0.25, 0.3) is 10.2 Å². The summed E-state index contributed by atoms with van der Waals surface area (Å²) in [6.07, 6.45) is 0. The molecule has 2 N–H and O–H groups in total. The Balaban J connectivity index is 2.47. The lowest BCUT2D eigenvalue weighted by molar-refractivity contribution is -0.382. The first-order chi connectivity index (χ1) is 9.04. The van der Waals surface area contributed by atoms with Gasteiger partial charge >= 0.3 is 5.69 Å². The highest BCUT2D eigenvalue weighted by atomic mass is 32.1. The molecule has 102 valence electrons. The first-order valence-electron chi connectivity index (χ1n) is 5.92. The van der Waals surface area contributed by atoms with Gasteiger partial charge in [-0.15, -0.1) is 11.3 Å². The van der Waals surface area contributed by atoms with Crippen molar-refractivity contribution < 1.29 is 10.0 Å². The Bertz CT molecular complexity index is 597. The summed E-state index contributed by atoms with van der Waals surface area (Å²) in [5, 5.41) is 23.6. The van der Waals surface area contributed by atoms with Crippen molar-refractivity contribution in [1.82, 2.24) is 4.98 Å². The van der Waals surface area contributed by atoms with E-state index in [9.17, 15) is 15.2 Å². The molecule has 0 spiro atoms. The summed E-state index contributed by atoms with van der Waals surface area (Å²) in [7, 11) is 0. The zero-order valence-electron chi connectivity index (χ0n) is 10.7. The summed E-state index contributed by atoms with van der Waals surface area (Å²) >= 11 is 1.37. The number of aliphatic hydroxyl groups excluding tert-OH is 1. The minimum atomic E-state index is -0.431. The van der Waals surface area contributed by atoms with Crippen molar-refractivity contribution in [3.8, 4) is 0 Å². The number of rotatable bonds is 5. The Kier molecular flexibility index (Phi) is 3.96. The lowest BCUT2D eigenvalue weighted by Crippen LogP contribution is -2.29. The largest absolute Gasteiger partial charge is 0.394 e. The maximum atomic E-state index is 11.2. The number of thiazole rings is 1. The molecule has 2 rings (SSSR count). The van der Waals surface area contributed by atoms with Gasteiger partial charge in [-0.3, -0.25) is 10.1 Å². The molecule has 0 aliphatic rings. The molecule has 0 saturated carbocycles. The van der Waals surface area contributed by atoms with Gasteiger partial charge in [0.15, 0.2) is 5.52 Å². The standard InChI is InChI=1S/C12H15N3O3S/c1-7(2)9(5-16)14-8-3-4-10-11(13-6-19-10)12(8)15(17)18/h3-4,6-7,9,14,16H,5H2,1-2H3. The summed E-state index contributed by atoms with van der Waals surface area (Å²) < 4.78 is 0.780. The molecular weight excluding hydrogens is 266 g/mol. The van der Waals surface area contributed by atoms with Crippen molar-refractivity contribution in [2.24, 2.45) is 5.92 Å². The third-order valence-corrected chi connectivity index (χ3v) is 3.79. The van der Waals surface area contributed by atoms with Gasteiger partial charge in [0, 0.05) is 0 Å². The highest BCUT2D eigenvalue weighted by molar-refractivity contribution is 7.16. The average Bonchev–Trinajstić information content (AvgIpc) is 2.82. The van der Waals surface area contributed by atoms with Crippen LogP contribution in [0, 0.1) is 16.0 Å². The predicted octanol–water partition coefficient (Wildman–Crippen LogP) is 2.63. The third-order valence-electron chi connectivity index (χ3n) is 3.00. The number of hydrogen-bond donors (Lipinski definition) is 2. The van der Waals surface area contributed by atoms with Crippen LogP contribution in [0.5, 0.6) is 0 Å². The molecule has 0 saturated heterocycles. The van der Waals surface area contributed by atoms with E-state index in [0.29, 0.717) is 11.2 Å². The number of benzene rings is 1. The monoisotopic (exact) mass is 281 g/mol. The van der Waals surface area contributed by atoms with Crippen molar-refractivity contribution in [3.05, 3.63) is 27.8 Å². The average molecular weight is 281 g/mol. The van der Waals surface area contributed by atoms with Crippen LogP contribution < -0.4 is 5.32 Å². The SMILES string of the molecule is CC(C)C(CO)Nc1ccc2scnc2c1[N+](=O)[O-]. The second kappa shape index (κ2) is 5.50. The van der Waals surface area contributed by atoms with E-state index in [-0.39, 0.29) is 24.3 Å². The Labute approximate surface area is 114 Å². The Morgan fingerprint density at radius 1 is 1.53 bits per heavy atom. The molecule has 1 heterocycles. The molecule has 0 amide bonds. The number of nitrogens with one attached hydrogen (secondary N) is 1. The van der Waals surface area contributed by atoms with Gasteiger partial charge in [-0.25, -0.2) is 4.98 Å². The molecule has 0 aliphatic heterocycles. The predicted molar refractivity (Wildman–Crippen MR) is 75.6 cm³/mol. The van der Waals surface area contributed by atoms with E-state index in [4.69, 9.17) is 0 Å². The highest BCUT2D eigenvalue weighted by Crippen LogP contribution is 2.35. The lowest BCUT2D eigenvalue weighted by Gasteiger charge is -2.21. The van der Waals surface area contributed by atoms with Gasteiger partial charge in [-0.05, 0) is 18.1 Å². The highest BCUT2D eigenvalue weighted by Gasteiger charge is 2.23. The molecule has 7 heteroatoms. The van der Waals surface area contributed by atoms with Gasteiger partial charge in [-0.1, -0.05) is 13.8 Å². The van der Waals surface area contributed by atoms with E-state index in [0.717, 1.165) is 4.70 Å². The Morgan fingerprint density at radius 3 is 2.84 bits per heavy atom. The number of aliphatic hydroxyl groups is 1. The number of nitro groups is 1. The van der Waals surface area contributed by atoms with Gasteiger partial charge in [0.1, 0.15) is 5.69 Å². The molecule has 19 heavy (non-hydrogen) atoms. The van der Waals surface area contributed by atoms with Crippen molar-refractivity contribution in [1.29, 1.82) is 0 Å². The summed E-state index contributed by atoms with van der Waals surface area (Å²) in [5.41, 5.74) is 2.35. The molecule has 0 radical (unpaired) electrons. The number of fused-ring (bicyclic) bond motifs is 1. The third kappa shape index (κ3) is 2.66. The summed E-state index contributed by atoms with van der Waals surface area (Å²) in [5.74, 6) is 0.163. The maximum Gasteiger partial charge on any atom is 0.319 e. The first kappa shape index (κ1) is 13.7. The number of hydrogen-bond acceptors (Lipinski definition) is 6. The minimum Gasteiger partial charge on any atom is -0.394 e. The van der Waals surface area contributed by atoms with E-state index < -0.39 is 4.92 Å². The molecule has 2 aromatic rings. The smallest absolute Gasteiger partial charge is 0.319 e. The van der Waals surface area contributed by atoms with E-state index in [1.165, 1.54) is 11.3 Å². The van der Waals surface area contributed by atoms with Gasteiger partial charge in [-0.2, -0.15) is 0 Å². The number of nitro benzene ring substituents is 1. The van der Waals surface area contributed by atoms with E-state index in [2.05, 4.69) is 10.3 Å². The Morgan fingerprint density at radius 2 is 2.26 bits per heavy atom. The summed E-state index contributed by atoms with van der Waals surface area (Å²) in [6.45, 7) is 3.81. The van der Waals surface area contributed by atoms with Gasteiger partial charge in [0.25, 0.3) is 0 Å². The van der Waals surface area contributed by atoms with Crippen LogP contribution in [0.1, 0.15) is 13.8 Å². The van der Waals surface area contributed by atoms with Crippen LogP contribution in [0.4, 0.5) is 11.4 Å². The van der Waals surface area contributed by atoms with Crippen LogP contribution in [0.15, 0.2) is 17.6 Å². The second-order valence-corrected chi connectivity index (χ2v) is 5.48. The lowest BCUT2D eigenvalue weighted by atomic mass is 10.0. The zero-order chi connectivity index (χ0) is 14.0. The van der Waals surface area contributed by atoms with Crippen LogP contribution >= 0.6 is 11.3 Å². The zero-order valence-corrected chi connectivity index (χ0v) is 11.5. The maximum absolute atomic E-state index is 11.2. The number of aromatic nitrogens is 1. The van der Waals surface area contributed by atoms with E-state index in [1.54, 1.807) is 17.6 Å². The molecule has 0 bridgehead atoms. The molecule has 1 aromatic carbocycles. The summed E-state index contributed by atoms with van der Waals surface area (Å²) in [6, 6.07) is 3.25. The van der Waals surface area contributed by atoms with Gasteiger partial charge in [0.05, 0.1) is 27.8 Å². The van der Waals surface area contributed by atoms with Crippen molar-refractivity contribution >= 4 is 32.9 Å². The van der Waals surface area contributed by atoms with Crippen LogP contribution in [0.3, 0.4) is 0 Å². The fourth-order valence-electron chi connectivity index (χ4n) is 1.84. The molecular formula is C12H15N3O3S. The molecule has 1 atom stereocenters. The fraction of sp³-hybridized carbons (Fsp3) is 0.417. The van der Waals surface area contributed by atoms with Crippen LogP contribution in [-0.2, 0) is 0 Å². The van der Waals surface area contributed by atoms with Gasteiger partial charge in [0.2, 0.25) is 0 Å². The van der Waals surface area contributed by atoms with E-state index >= 15 is 0 Å². The van der Waals surface area contributed by atoms with Crippen molar-refractivity contribution in [2.45, 2.75) is 19.9 Å². The quantitative estimate of drug-likeness (QED) is 0.649. The molecule has 1 aromatic heterocycles. The second-order valence-electron chi connectivity index (χ2n) is 4.60. The normalized spacial score (nSPS) is 12.8. The fourth-order valence-corrected chi connectivity index (χ4v) is 2.52. The molecule has 1 unspecified atom stereocenters. The summed E-state index contributed by atoms with van der Waals surface area (Å²) in [4.78, 5) is 14.9. The minimum absolute atomic E-state index is 0.0298. The number of nitrogens with zero attached hydrogens (tertiary/aromatic N) is 2. The molecule has 0 fully saturated rings. The molecule has 6 nitrogen and oxygen atoms in total. The van der Waals surface area contributed by atoms with Gasteiger partial charge < -0.3 is 10.4 Å². The van der Waals surface area contributed by atoms with E-state index in [1.807, 2.05) is 13.8 Å². The molecule has 0 aliphatic carbocycles. The Hall–Kier alpha value is -1.73. The van der Waals surface area contributed by atoms with Crippen molar-refractivity contribution in [3.63, 3.8) is 0 Å². The topological polar surface area (TPSA) is 88.3 Å². The van der Waals surface area contributed by atoms with Crippen LogP contribution in [-0.4, -0.2) is 27.7 Å². The first-order valence-corrected chi connectivity index (χ1v) is 6.80. The van der Waals surface area contributed by atoms with Crippen LogP contribution in [0.2, 0.25) is 0 Å². The van der Waals surface area contributed by atoms with Crippen molar-refractivity contribution in [2.75, 3.05) is 11.9 Å². The number of anilines is 1.